The van der Waals surface area contributed by atoms with E-state index in [0.29, 0.717) is 31.2 Å². The Labute approximate surface area is 226 Å². The van der Waals surface area contributed by atoms with Crippen LogP contribution in [0, 0.1) is 28.1 Å². The number of hydrogen-bond donors (Lipinski definition) is 3. The summed E-state index contributed by atoms with van der Waals surface area (Å²) in [6.07, 6.45) is -3.60. The fourth-order valence-corrected chi connectivity index (χ4v) is 3.54. The van der Waals surface area contributed by atoms with E-state index in [4.69, 9.17) is 14.9 Å². The summed E-state index contributed by atoms with van der Waals surface area (Å²) in [7, 11) is 0. The number of rotatable bonds is 3. The van der Waals surface area contributed by atoms with Crippen molar-refractivity contribution >= 4 is 29.3 Å². The number of aromatic amines is 1. The molecule has 13 heteroatoms. The molecule has 0 aliphatic carbocycles. The number of nitriles is 1. The number of nitrogens with one attached hydrogen (secondary N) is 1. The number of primary amides is 2. The van der Waals surface area contributed by atoms with Crippen molar-refractivity contribution in [3.05, 3.63) is 34.7 Å². The fraction of sp³-hybridized carbons (Fsp3) is 0.577. The molecule has 1 atom stereocenters. The third-order valence-electron chi connectivity index (χ3n) is 5.87. The summed E-state index contributed by atoms with van der Waals surface area (Å²) in [6, 6.07) is 9.48. The van der Waals surface area contributed by atoms with E-state index >= 15 is 0 Å². The summed E-state index contributed by atoms with van der Waals surface area (Å²) in [4.78, 5) is 45.9. The topological polar surface area (TPSA) is 168 Å². The number of likely N-dealkylation sites (tertiary alicyclic amines) is 1. The van der Waals surface area contributed by atoms with Crippen LogP contribution in [-0.2, 0) is 20.9 Å². The third-order valence-corrected chi connectivity index (χ3v) is 5.87. The molecule has 39 heavy (non-hydrogen) atoms. The second-order valence-corrected chi connectivity index (χ2v) is 10.9. The van der Waals surface area contributed by atoms with E-state index in [1.54, 1.807) is 4.57 Å². The molecule has 1 aliphatic heterocycles. The lowest BCUT2D eigenvalue weighted by Gasteiger charge is -2.24. The van der Waals surface area contributed by atoms with E-state index in [-0.39, 0.29) is 22.9 Å². The van der Waals surface area contributed by atoms with Gasteiger partial charge < -0.3 is 21.4 Å². The molecular formula is C26H39F3N6O4. The summed E-state index contributed by atoms with van der Waals surface area (Å²) < 4.78 is 33.7. The van der Waals surface area contributed by atoms with Gasteiger partial charge in [-0.05, 0) is 28.9 Å². The SMILES string of the molecule is CC1CN(C(=O)CC(C)(C)C)CC1(C)C.N#CCCn1c(=O)[nH]c2ccccc21.NC(=O)C(F)(F)F.NC=O. The molecule has 3 amide bonds. The van der Waals surface area contributed by atoms with Gasteiger partial charge >= 0.3 is 17.8 Å². The molecule has 1 fully saturated rings. The first-order chi connectivity index (χ1) is 17.8. The summed E-state index contributed by atoms with van der Waals surface area (Å²) in [6.45, 7) is 15.4. The smallest absolute Gasteiger partial charge is 0.372 e. The van der Waals surface area contributed by atoms with Gasteiger partial charge in [-0.15, -0.1) is 0 Å². The van der Waals surface area contributed by atoms with Gasteiger partial charge in [0.1, 0.15) is 0 Å². The van der Waals surface area contributed by atoms with Crippen LogP contribution < -0.4 is 17.2 Å². The number of halogens is 3. The fourth-order valence-electron chi connectivity index (χ4n) is 3.54. The third kappa shape index (κ3) is 12.5. The van der Waals surface area contributed by atoms with Gasteiger partial charge in [0, 0.05) is 26.1 Å². The van der Waals surface area contributed by atoms with Crippen LogP contribution in [0.25, 0.3) is 11.0 Å². The van der Waals surface area contributed by atoms with E-state index in [9.17, 15) is 22.8 Å². The number of H-pyrrole nitrogens is 1. The Kier molecular flexibility index (Phi) is 13.5. The highest BCUT2D eigenvalue weighted by atomic mass is 19.4. The molecule has 1 aromatic heterocycles. The highest BCUT2D eigenvalue weighted by Crippen LogP contribution is 2.35. The van der Waals surface area contributed by atoms with Crippen LogP contribution in [0.1, 0.15) is 54.4 Å². The van der Waals surface area contributed by atoms with Crippen LogP contribution in [0.4, 0.5) is 13.2 Å². The molecule has 1 saturated heterocycles. The number of aromatic nitrogens is 2. The van der Waals surface area contributed by atoms with Gasteiger partial charge in [0.15, 0.2) is 0 Å². The van der Waals surface area contributed by atoms with Crippen LogP contribution in [0.2, 0.25) is 0 Å². The van der Waals surface area contributed by atoms with E-state index in [1.807, 2.05) is 35.2 Å². The Morgan fingerprint density at radius 1 is 1.23 bits per heavy atom. The van der Waals surface area contributed by atoms with Crippen molar-refractivity contribution in [3.63, 3.8) is 0 Å². The lowest BCUT2D eigenvalue weighted by molar-refractivity contribution is -0.169. The Balaban J connectivity index is 0.000000558. The summed E-state index contributed by atoms with van der Waals surface area (Å²) >= 11 is 0. The summed E-state index contributed by atoms with van der Waals surface area (Å²) in [5, 5.41) is 8.45. The molecular weight excluding hydrogens is 517 g/mol. The maximum atomic E-state index is 12.0. The second-order valence-electron chi connectivity index (χ2n) is 10.9. The molecule has 0 bridgehead atoms. The number of carbonyl (C=O) groups is 3. The van der Waals surface area contributed by atoms with Crippen molar-refractivity contribution < 1.29 is 27.6 Å². The monoisotopic (exact) mass is 556 g/mol. The molecule has 5 N–H and O–H groups in total. The van der Waals surface area contributed by atoms with Crippen molar-refractivity contribution in [1.82, 2.24) is 14.5 Å². The number of imidazole rings is 1. The van der Waals surface area contributed by atoms with Crippen molar-refractivity contribution in [3.8, 4) is 6.07 Å². The van der Waals surface area contributed by atoms with Crippen molar-refractivity contribution in [2.24, 2.45) is 28.2 Å². The molecule has 1 unspecified atom stereocenters. The molecule has 2 heterocycles. The minimum absolute atomic E-state index is 0.104. The second kappa shape index (κ2) is 14.9. The molecule has 3 rings (SSSR count). The molecule has 0 saturated carbocycles. The standard InChI is InChI=1S/C13H25NO.C10H9N3O.C2H2F3NO.CH3NO/c1-10-8-14(9-13(10,5)6)11(15)7-12(2,3)4;11-6-3-7-13-9-5-2-1-4-8(9)12-10(13)14;3-2(4,5)1(6)7;2-1-3/h10H,7-9H2,1-6H3;1-2,4-5H,3,7H2,(H,12,14);(H2,6,7);1H,(H2,2,3). The lowest BCUT2D eigenvalue weighted by atomic mass is 9.84. The highest BCUT2D eigenvalue weighted by Gasteiger charge is 2.39. The van der Waals surface area contributed by atoms with E-state index < -0.39 is 12.1 Å². The molecule has 0 spiro atoms. The normalized spacial score (nSPS) is 15.9. The number of nitrogens with two attached hydrogens (primary N) is 2. The van der Waals surface area contributed by atoms with Crippen LogP contribution in [-0.4, -0.2) is 51.9 Å². The first-order valence-electron chi connectivity index (χ1n) is 12.1. The molecule has 10 nitrogen and oxygen atoms in total. The molecule has 1 aliphatic rings. The van der Waals surface area contributed by atoms with Crippen LogP contribution in [0.15, 0.2) is 29.1 Å². The Bertz CT molecular complexity index is 1190. The number of alkyl halides is 3. The predicted octanol–water partition coefficient (Wildman–Crippen LogP) is 3.31. The number of hydrogen-bond acceptors (Lipinski definition) is 5. The zero-order valence-corrected chi connectivity index (χ0v) is 23.3. The van der Waals surface area contributed by atoms with E-state index in [2.05, 4.69) is 58.0 Å². The molecule has 1 aromatic carbocycles. The Hall–Kier alpha value is -3.82. The first kappa shape index (κ1) is 35.2. The average molecular weight is 557 g/mol. The van der Waals surface area contributed by atoms with Gasteiger partial charge in [-0.3, -0.25) is 19.0 Å². The zero-order chi connectivity index (χ0) is 30.6. The van der Waals surface area contributed by atoms with Crippen LogP contribution >= 0.6 is 0 Å². The highest BCUT2D eigenvalue weighted by molar-refractivity contribution is 5.79. The minimum atomic E-state index is -4.86. The molecule has 218 valence electrons. The first-order valence-corrected chi connectivity index (χ1v) is 12.1. The largest absolute Gasteiger partial charge is 0.470 e. The molecule has 0 radical (unpaired) electrons. The van der Waals surface area contributed by atoms with Crippen molar-refractivity contribution in [1.29, 1.82) is 5.26 Å². The van der Waals surface area contributed by atoms with Gasteiger partial charge in [-0.2, -0.15) is 18.4 Å². The van der Waals surface area contributed by atoms with Gasteiger partial charge in [0.25, 0.3) is 0 Å². The van der Waals surface area contributed by atoms with Crippen LogP contribution in [0.3, 0.4) is 0 Å². The number of benzene rings is 1. The molecule has 2 aromatic rings. The summed E-state index contributed by atoms with van der Waals surface area (Å²) in [5.41, 5.74) is 9.88. The van der Waals surface area contributed by atoms with Gasteiger partial charge in [0.2, 0.25) is 12.3 Å². The van der Waals surface area contributed by atoms with E-state index in [0.717, 1.165) is 24.1 Å². The van der Waals surface area contributed by atoms with E-state index in [1.165, 1.54) is 0 Å². The van der Waals surface area contributed by atoms with Gasteiger partial charge in [-0.1, -0.05) is 53.7 Å². The van der Waals surface area contributed by atoms with Gasteiger partial charge in [0.05, 0.1) is 23.5 Å². The number of para-hydroxylation sites is 2. The number of carbonyl (C=O) groups excluding carboxylic acids is 3. The maximum absolute atomic E-state index is 12.0. The maximum Gasteiger partial charge on any atom is 0.470 e. The minimum Gasteiger partial charge on any atom is -0.372 e. The Morgan fingerprint density at radius 3 is 2.15 bits per heavy atom. The average Bonchev–Trinajstić information content (AvgIpc) is 3.26. The van der Waals surface area contributed by atoms with Crippen molar-refractivity contribution in [2.45, 2.75) is 67.1 Å². The van der Waals surface area contributed by atoms with Gasteiger partial charge in [-0.25, -0.2) is 4.79 Å². The number of fused-ring (bicyclic) bond motifs is 1. The Morgan fingerprint density at radius 2 is 1.74 bits per heavy atom. The van der Waals surface area contributed by atoms with Crippen molar-refractivity contribution in [2.75, 3.05) is 13.1 Å². The quantitative estimate of drug-likeness (QED) is 0.492. The summed E-state index contributed by atoms with van der Waals surface area (Å²) in [5.74, 6) is -1.33. The zero-order valence-electron chi connectivity index (χ0n) is 23.3. The number of nitrogens with zero attached hydrogens (tertiary/aromatic N) is 3. The number of amides is 3. The predicted molar refractivity (Wildman–Crippen MR) is 142 cm³/mol. The lowest BCUT2D eigenvalue weighted by Crippen LogP contribution is -2.32. The van der Waals surface area contributed by atoms with Crippen LogP contribution in [0.5, 0.6) is 0 Å². The number of aryl methyl sites for hydroxylation is 1.